The van der Waals surface area contributed by atoms with Gasteiger partial charge in [-0.05, 0) is 44.2 Å². The maximum absolute atomic E-state index is 13.8. The molecule has 0 radical (unpaired) electrons. The van der Waals surface area contributed by atoms with Gasteiger partial charge >= 0.3 is 0 Å². The lowest BCUT2D eigenvalue weighted by Crippen LogP contribution is -2.45. The van der Waals surface area contributed by atoms with Gasteiger partial charge in [0.2, 0.25) is 5.91 Å². The molecule has 4 rings (SSSR count). The lowest BCUT2D eigenvalue weighted by Gasteiger charge is -2.32. The summed E-state index contributed by atoms with van der Waals surface area (Å²) in [4.78, 5) is 14.8. The number of nitrogens with one attached hydrogen (secondary N) is 1. The fraction of sp³-hybridized carbons (Fsp3) is 0.611. The van der Waals surface area contributed by atoms with E-state index in [9.17, 15) is 13.6 Å². The Morgan fingerprint density at radius 1 is 1.09 bits per heavy atom. The first-order chi connectivity index (χ1) is 11.1. The van der Waals surface area contributed by atoms with E-state index in [1.807, 2.05) is 0 Å². The van der Waals surface area contributed by atoms with E-state index in [0.717, 1.165) is 32.0 Å². The molecular weight excluding hydrogens is 298 g/mol. The van der Waals surface area contributed by atoms with Crippen LogP contribution >= 0.6 is 0 Å². The number of amides is 1. The third-order valence-electron chi connectivity index (χ3n) is 5.44. The molecule has 5 heteroatoms. The Balaban J connectivity index is 1.31. The molecule has 2 aliphatic carbocycles. The molecule has 124 valence electrons. The van der Waals surface area contributed by atoms with E-state index in [-0.39, 0.29) is 29.3 Å². The van der Waals surface area contributed by atoms with Crippen molar-refractivity contribution in [3.63, 3.8) is 0 Å². The first-order valence-corrected chi connectivity index (χ1v) is 8.62. The van der Waals surface area contributed by atoms with Crippen LogP contribution in [0, 0.1) is 17.6 Å². The molecule has 23 heavy (non-hydrogen) atoms. The smallest absolute Gasteiger partial charge is 0.223 e. The molecule has 0 bridgehead atoms. The van der Waals surface area contributed by atoms with E-state index < -0.39 is 11.6 Å². The molecule has 1 heterocycles. The minimum absolute atomic E-state index is 0.0393. The average Bonchev–Trinajstić information content (AvgIpc) is 3.42. The van der Waals surface area contributed by atoms with Gasteiger partial charge in [-0.3, -0.25) is 4.79 Å². The van der Waals surface area contributed by atoms with Gasteiger partial charge in [-0.1, -0.05) is 6.07 Å². The topological polar surface area (TPSA) is 32.3 Å². The van der Waals surface area contributed by atoms with Crippen LogP contribution in [0.5, 0.6) is 0 Å². The van der Waals surface area contributed by atoms with Crippen LogP contribution in [-0.4, -0.2) is 36.0 Å². The van der Waals surface area contributed by atoms with Gasteiger partial charge in [0.1, 0.15) is 11.6 Å². The molecule has 1 aliphatic heterocycles. The van der Waals surface area contributed by atoms with Crippen LogP contribution in [0.3, 0.4) is 0 Å². The molecule has 3 aliphatic rings. The van der Waals surface area contributed by atoms with Crippen LogP contribution in [0.25, 0.3) is 0 Å². The lowest BCUT2D eigenvalue weighted by molar-refractivity contribution is -0.123. The van der Waals surface area contributed by atoms with Crippen molar-refractivity contribution in [3.05, 3.63) is 35.4 Å². The van der Waals surface area contributed by atoms with Crippen molar-refractivity contribution >= 4 is 5.91 Å². The number of rotatable bonds is 4. The minimum atomic E-state index is -0.539. The molecule has 1 aromatic carbocycles. The summed E-state index contributed by atoms with van der Waals surface area (Å²) in [6.07, 6.45) is 5.13. The number of nitrogens with zero attached hydrogens (tertiary/aromatic N) is 1. The Morgan fingerprint density at radius 2 is 1.74 bits per heavy atom. The number of likely N-dealkylation sites (tertiary alicyclic amines) is 1. The quantitative estimate of drug-likeness (QED) is 0.925. The second-order valence-corrected chi connectivity index (χ2v) is 7.13. The summed E-state index contributed by atoms with van der Waals surface area (Å²) in [5.74, 6) is -1.70. The van der Waals surface area contributed by atoms with E-state index in [1.165, 1.54) is 31.0 Å². The van der Waals surface area contributed by atoms with E-state index in [1.54, 1.807) is 0 Å². The maximum atomic E-state index is 13.8. The summed E-state index contributed by atoms with van der Waals surface area (Å²) in [5, 5.41) is 3.09. The summed E-state index contributed by atoms with van der Waals surface area (Å²) in [5.41, 5.74) is 0.0798. The predicted molar refractivity (Wildman–Crippen MR) is 83.0 cm³/mol. The molecule has 2 atom stereocenters. The second kappa shape index (κ2) is 5.86. The Labute approximate surface area is 135 Å². The van der Waals surface area contributed by atoms with Crippen molar-refractivity contribution in [2.45, 2.75) is 50.1 Å². The minimum Gasteiger partial charge on any atom is -0.353 e. The van der Waals surface area contributed by atoms with Gasteiger partial charge in [0.15, 0.2) is 0 Å². The SMILES string of the molecule is O=C(NC1CCN(C2CC2)CC1)[C@H]1C[C@H]1c1c(F)cccc1F. The second-order valence-electron chi connectivity index (χ2n) is 7.13. The third kappa shape index (κ3) is 3.11. The Kier molecular flexibility index (Phi) is 3.84. The summed E-state index contributed by atoms with van der Waals surface area (Å²) < 4.78 is 27.6. The van der Waals surface area contributed by atoms with Crippen LogP contribution in [0.1, 0.15) is 43.6 Å². The van der Waals surface area contributed by atoms with Gasteiger partial charge in [-0.2, -0.15) is 0 Å². The number of hydrogen-bond donors (Lipinski definition) is 1. The molecule has 0 aromatic heterocycles. The molecule has 1 aromatic rings. The summed E-state index contributed by atoms with van der Waals surface area (Å²) in [6, 6.07) is 4.88. The van der Waals surface area contributed by atoms with E-state index in [4.69, 9.17) is 0 Å². The van der Waals surface area contributed by atoms with Crippen LogP contribution in [0.2, 0.25) is 0 Å². The average molecular weight is 320 g/mol. The Bertz CT molecular complexity index is 589. The van der Waals surface area contributed by atoms with Crippen molar-refractivity contribution in [2.75, 3.05) is 13.1 Å². The van der Waals surface area contributed by atoms with Crippen molar-refractivity contribution in [1.29, 1.82) is 0 Å². The van der Waals surface area contributed by atoms with Crippen molar-refractivity contribution < 1.29 is 13.6 Å². The molecule has 1 N–H and O–H groups in total. The first kappa shape index (κ1) is 15.1. The molecule has 1 saturated heterocycles. The fourth-order valence-corrected chi connectivity index (χ4v) is 3.83. The highest BCUT2D eigenvalue weighted by Gasteiger charge is 2.47. The molecule has 3 fully saturated rings. The van der Waals surface area contributed by atoms with Crippen molar-refractivity contribution in [3.8, 4) is 0 Å². The standard InChI is InChI=1S/C18H22F2N2O/c19-15-2-1-3-16(20)17(15)13-10-14(13)18(23)21-11-6-8-22(9-7-11)12-4-5-12/h1-3,11-14H,4-10H2,(H,21,23)/t13-,14+/m1/s1. The first-order valence-electron chi connectivity index (χ1n) is 8.62. The predicted octanol–water partition coefficient (Wildman–Crippen LogP) is 2.81. The van der Waals surface area contributed by atoms with E-state index in [2.05, 4.69) is 10.2 Å². The number of benzene rings is 1. The normalized spacial score (nSPS) is 28.6. The zero-order chi connectivity index (χ0) is 16.0. The van der Waals surface area contributed by atoms with E-state index in [0.29, 0.717) is 6.42 Å². The number of carbonyl (C=O) groups is 1. The third-order valence-corrected chi connectivity index (χ3v) is 5.44. The van der Waals surface area contributed by atoms with Crippen molar-refractivity contribution in [1.82, 2.24) is 10.2 Å². The van der Waals surface area contributed by atoms with Crippen LogP contribution in [-0.2, 0) is 4.79 Å². The highest BCUT2D eigenvalue weighted by Crippen LogP contribution is 2.49. The monoisotopic (exact) mass is 320 g/mol. The molecule has 0 unspecified atom stereocenters. The molecule has 3 nitrogen and oxygen atoms in total. The van der Waals surface area contributed by atoms with Gasteiger partial charge in [0, 0.05) is 42.6 Å². The Hall–Kier alpha value is -1.49. The zero-order valence-corrected chi connectivity index (χ0v) is 13.1. The number of carbonyl (C=O) groups excluding carboxylic acids is 1. The Morgan fingerprint density at radius 3 is 2.35 bits per heavy atom. The van der Waals surface area contributed by atoms with Crippen LogP contribution in [0.4, 0.5) is 8.78 Å². The number of hydrogen-bond acceptors (Lipinski definition) is 2. The highest BCUT2D eigenvalue weighted by molar-refractivity contribution is 5.83. The fourth-order valence-electron chi connectivity index (χ4n) is 3.83. The van der Waals surface area contributed by atoms with Gasteiger partial charge in [-0.15, -0.1) is 0 Å². The van der Waals surface area contributed by atoms with E-state index >= 15 is 0 Å². The summed E-state index contributed by atoms with van der Waals surface area (Å²) in [6.45, 7) is 2.09. The highest BCUT2D eigenvalue weighted by atomic mass is 19.1. The van der Waals surface area contributed by atoms with Gasteiger partial charge in [-0.25, -0.2) is 8.78 Å². The number of halogens is 2. The maximum Gasteiger partial charge on any atom is 0.223 e. The molecule has 2 saturated carbocycles. The largest absolute Gasteiger partial charge is 0.353 e. The van der Waals surface area contributed by atoms with Crippen LogP contribution in [0.15, 0.2) is 18.2 Å². The van der Waals surface area contributed by atoms with Gasteiger partial charge in [0.05, 0.1) is 0 Å². The summed E-state index contributed by atoms with van der Waals surface area (Å²) in [7, 11) is 0. The van der Waals surface area contributed by atoms with Crippen molar-refractivity contribution in [2.24, 2.45) is 5.92 Å². The molecule has 1 amide bonds. The number of piperidine rings is 1. The summed E-state index contributed by atoms with van der Waals surface area (Å²) >= 11 is 0. The zero-order valence-electron chi connectivity index (χ0n) is 13.1. The van der Waals surface area contributed by atoms with Gasteiger partial charge in [0.25, 0.3) is 0 Å². The van der Waals surface area contributed by atoms with Gasteiger partial charge < -0.3 is 10.2 Å². The molecular formula is C18H22F2N2O. The molecule has 0 spiro atoms. The lowest BCUT2D eigenvalue weighted by atomic mass is 10.0. The van der Waals surface area contributed by atoms with Crippen LogP contribution < -0.4 is 5.32 Å².